The Bertz CT molecular complexity index is 891. The molecule has 2 aliphatic heterocycles. The number of amides is 1. The number of methoxy groups -OCH3 is 1. The first-order valence-corrected chi connectivity index (χ1v) is 11.7. The summed E-state index contributed by atoms with van der Waals surface area (Å²) in [5.41, 5.74) is 1.20. The van der Waals surface area contributed by atoms with Crippen molar-refractivity contribution < 1.29 is 14.3 Å². The largest absolute Gasteiger partial charge is 0.497 e. The molecule has 2 aliphatic rings. The van der Waals surface area contributed by atoms with Gasteiger partial charge in [-0.1, -0.05) is 48.6 Å². The molecule has 0 radical (unpaired) electrons. The first-order chi connectivity index (χ1) is 15.7. The van der Waals surface area contributed by atoms with Crippen LogP contribution < -0.4 is 9.47 Å². The smallest absolute Gasteiger partial charge is 0.226 e. The second kappa shape index (κ2) is 11.2. The second-order valence-corrected chi connectivity index (χ2v) is 8.72. The summed E-state index contributed by atoms with van der Waals surface area (Å²) in [4.78, 5) is 17.8. The summed E-state index contributed by atoms with van der Waals surface area (Å²) in [7, 11) is 1.67. The van der Waals surface area contributed by atoms with E-state index in [9.17, 15) is 4.79 Å². The van der Waals surface area contributed by atoms with Crippen LogP contribution in [0.5, 0.6) is 11.5 Å². The topological polar surface area (TPSA) is 42.0 Å². The number of nitrogens with zero attached hydrogens (tertiary/aromatic N) is 2. The number of benzene rings is 2. The lowest BCUT2D eigenvalue weighted by atomic mass is 9.81. The van der Waals surface area contributed by atoms with E-state index in [1.54, 1.807) is 7.11 Å². The van der Waals surface area contributed by atoms with E-state index in [0.29, 0.717) is 31.5 Å². The van der Waals surface area contributed by atoms with Gasteiger partial charge in [0.25, 0.3) is 0 Å². The monoisotopic (exact) mass is 434 g/mol. The molecule has 2 aromatic rings. The van der Waals surface area contributed by atoms with E-state index in [2.05, 4.69) is 29.2 Å². The summed E-state index contributed by atoms with van der Waals surface area (Å²) in [5.74, 6) is 2.53. The number of piperidine rings is 1. The molecule has 5 heteroatoms. The van der Waals surface area contributed by atoms with Crippen LogP contribution in [-0.4, -0.2) is 55.6 Å². The van der Waals surface area contributed by atoms with Gasteiger partial charge >= 0.3 is 0 Å². The van der Waals surface area contributed by atoms with Gasteiger partial charge in [0.2, 0.25) is 5.91 Å². The molecule has 1 amide bonds. The molecule has 2 heterocycles. The van der Waals surface area contributed by atoms with Gasteiger partial charge in [0.1, 0.15) is 18.1 Å². The number of allylic oxidation sites excluding steroid dienone is 1. The van der Waals surface area contributed by atoms with E-state index in [4.69, 9.17) is 9.47 Å². The Morgan fingerprint density at radius 2 is 1.75 bits per heavy atom. The van der Waals surface area contributed by atoms with Crippen LogP contribution in [0.15, 0.2) is 66.7 Å². The van der Waals surface area contributed by atoms with Crippen LogP contribution in [0.4, 0.5) is 0 Å². The molecular weight excluding hydrogens is 400 g/mol. The second-order valence-electron chi connectivity index (χ2n) is 8.72. The highest BCUT2D eigenvalue weighted by Crippen LogP contribution is 2.31. The minimum absolute atomic E-state index is 0.104. The average Bonchev–Trinajstić information content (AvgIpc) is 3.02. The molecule has 5 nitrogen and oxygen atoms in total. The lowest BCUT2D eigenvalue weighted by molar-refractivity contribution is -0.137. The van der Waals surface area contributed by atoms with E-state index < -0.39 is 0 Å². The van der Waals surface area contributed by atoms with Crippen LogP contribution in [0.3, 0.4) is 0 Å². The fourth-order valence-corrected chi connectivity index (χ4v) is 4.77. The number of likely N-dealkylation sites (tertiary alicyclic amines) is 1. The Balaban J connectivity index is 1.25. The third kappa shape index (κ3) is 5.92. The van der Waals surface area contributed by atoms with Crippen LogP contribution >= 0.6 is 0 Å². The third-order valence-electron chi connectivity index (χ3n) is 6.65. The number of hydrogen-bond acceptors (Lipinski definition) is 4. The van der Waals surface area contributed by atoms with Crippen LogP contribution in [-0.2, 0) is 11.3 Å². The highest BCUT2D eigenvalue weighted by atomic mass is 16.5. The molecule has 0 aliphatic carbocycles. The van der Waals surface area contributed by atoms with Gasteiger partial charge in [-0.15, -0.1) is 0 Å². The van der Waals surface area contributed by atoms with Crippen LogP contribution in [0.2, 0.25) is 0 Å². The predicted molar refractivity (Wildman–Crippen MR) is 127 cm³/mol. The van der Waals surface area contributed by atoms with Gasteiger partial charge in [-0.3, -0.25) is 9.69 Å². The molecule has 2 aromatic carbocycles. The molecule has 0 bridgehead atoms. The molecule has 1 fully saturated rings. The maximum Gasteiger partial charge on any atom is 0.226 e. The zero-order valence-electron chi connectivity index (χ0n) is 19.0. The Labute approximate surface area is 191 Å². The lowest BCUT2D eigenvalue weighted by Crippen LogP contribution is -2.43. The normalized spacial score (nSPS) is 20.2. The van der Waals surface area contributed by atoms with E-state index in [-0.39, 0.29) is 5.92 Å². The molecule has 1 saturated heterocycles. The lowest BCUT2D eigenvalue weighted by Gasteiger charge is -2.36. The van der Waals surface area contributed by atoms with Crippen molar-refractivity contribution in [1.82, 2.24) is 9.80 Å². The van der Waals surface area contributed by atoms with Gasteiger partial charge in [0.15, 0.2) is 0 Å². The van der Waals surface area contributed by atoms with Gasteiger partial charge in [0.05, 0.1) is 7.11 Å². The minimum atomic E-state index is 0.104. The highest BCUT2D eigenvalue weighted by molar-refractivity contribution is 5.80. The van der Waals surface area contributed by atoms with Crippen molar-refractivity contribution in [3.63, 3.8) is 0 Å². The summed E-state index contributed by atoms with van der Waals surface area (Å²) in [6.45, 7) is 5.03. The molecular formula is C27H34N2O3. The van der Waals surface area contributed by atoms with Gasteiger partial charge in [0, 0.05) is 31.6 Å². The van der Waals surface area contributed by atoms with Crippen molar-refractivity contribution >= 4 is 5.91 Å². The van der Waals surface area contributed by atoms with E-state index in [1.165, 1.54) is 5.56 Å². The van der Waals surface area contributed by atoms with E-state index in [0.717, 1.165) is 50.4 Å². The average molecular weight is 435 g/mol. The molecule has 32 heavy (non-hydrogen) atoms. The molecule has 0 spiro atoms. The summed E-state index contributed by atoms with van der Waals surface area (Å²) in [6, 6.07) is 18.0. The molecule has 0 unspecified atom stereocenters. The minimum Gasteiger partial charge on any atom is -0.497 e. The molecule has 4 rings (SSSR count). The molecule has 170 valence electrons. The highest BCUT2D eigenvalue weighted by Gasteiger charge is 2.34. The van der Waals surface area contributed by atoms with E-state index in [1.807, 2.05) is 47.4 Å². The predicted octanol–water partition coefficient (Wildman–Crippen LogP) is 4.39. The Hall–Kier alpha value is -2.79. The van der Waals surface area contributed by atoms with Crippen LogP contribution in [0.25, 0.3) is 0 Å². The molecule has 0 N–H and O–H groups in total. The van der Waals surface area contributed by atoms with Gasteiger partial charge in [-0.25, -0.2) is 0 Å². The SMILES string of the molecule is COc1cccc(OCCN2CCC([C@@H]3CC=CCN(Cc4ccccc4)C3=O)CC2)c1. The quantitative estimate of drug-likeness (QED) is 0.578. The number of ether oxygens (including phenoxy) is 2. The van der Waals surface area contributed by atoms with Crippen molar-refractivity contribution in [2.45, 2.75) is 25.8 Å². The Morgan fingerprint density at radius 3 is 2.53 bits per heavy atom. The third-order valence-corrected chi connectivity index (χ3v) is 6.65. The van der Waals surface area contributed by atoms with Gasteiger partial charge in [-0.05, 0) is 56.0 Å². The fraction of sp³-hybridized carbons (Fsp3) is 0.444. The fourth-order valence-electron chi connectivity index (χ4n) is 4.77. The summed E-state index contributed by atoms with van der Waals surface area (Å²) in [5, 5.41) is 0. The van der Waals surface area contributed by atoms with Gasteiger partial charge in [-0.2, -0.15) is 0 Å². The maximum absolute atomic E-state index is 13.4. The van der Waals surface area contributed by atoms with Crippen molar-refractivity contribution in [2.75, 3.05) is 39.9 Å². The Morgan fingerprint density at radius 1 is 0.969 bits per heavy atom. The Kier molecular flexibility index (Phi) is 7.83. The number of carbonyl (C=O) groups excluding carboxylic acids is 1. The number of hydrogen-bond donors (Lipinski definition) is 0. The van der Waals surface area contributed by atoms with Crippen molar-refractivity contribution in [3.05, 3.63) is 72.3 Å². The first-order valence-electron chi connectivity index (χ1n) is 11.7. The molecule has 1 atom stereocenters. The number of rotatable bonds is 8. The number of carbonyl (C=O) groups is 1. The van der Waals surface area contributed by atoms with Crippen LogP contribution in [0, 0.1) is 11.8 Å². The van der Waals surface area contributed by atoms with Crippen molar-refractivity contribution in [2.24, 2.45) is 11.8 Å². The van der Waals surface area contributed by atoms with E-state index >= 15 is 0 Å². The van der Waals surface area contributed by atoms with Gasteiger partial charge < -0.3 is 14.4 Å². The van der Waals surface area contributed by atoms with Crippen LogP contribution in [0.1, 0.15) is 24.8 Å². The maximum atomic E-state index is 13.4. The zero-order valence-corrected chi connectivity index (χ0v) is 19.0. The standard InChI is InChI=1S/C27H34N2O3/c1-31-24-10-7-11-25(20-24)32-19-18-28-16-13-23(14-17-28)26-12-5-6-15-29(27(26)30)21-22-8-3-2-4-9-22/h2-11,20,23,26H,12-19,21H2,1H3/t26-/m0/s1. The van der Waals surface area contributed by atoms with Crippen molar-refractivity contribution in [1.29, 1.82) is 0 Å². The summed E-state index contributed by atoms with van der Waals surface area (Å²) >= 11 is 0. The molecule has 0 saturated carbocycles. The zero-order chi connectivity index (χ0) is 22.2. The summed E-state index contributed by atoms with van der Waals surface area (Å²) < 4.78 is 11.2. The first kappa shape index (κ1) is 22.4. The molecule has 0 aromatic heterocycles. The van der Waals surface area contributed by atoms with Crippen molar-refractivity contribution in [3.8, 4) is 11.5 Å². The summed E-state index contributed by atoms with van der Waals surface area (Å²) in [6.07, 6.45) is 7.38.